The van der Waals surface area contributed by atoms with Gasteiger partial charge in [-0.05, 0) is 6.07 Å². The standard InChI is InChI=1S/C18H19NO4/c1-3-8-19-13-7-5-4-6-12(13)18(16(19)21)10-17(2)11-22-15(20)9-14(17)23-18/h3-7,14H,1,8-11H2,2H3/t14-,17+,18-/m1/s1. The Balaban J connectivity index is 1.81. The zero-order valence-corrected chi connectivity index (χ0v) is 13.1. The fourth-order valence-corrected chi connectivity index (χ4v) is 4.09. The number of carbonyl (C=O) groups is 2. The first-order chi connectivity index (χ1) is 11.0. The lowest BCUT2D eigenvalue weighted by molar-refractivity contribution is -0.166. The number of esters is 1. The molecule has 5 heteroatoms. The lowest BCUT2D eigenvalue weighted by Crippen LogP contribution is -2.40. The van der Waals surface area contributed by atoms with Crippen molar-refractivity contribution in [3.63, 3.8) is 0 Å². The largest absolute Gasteiger partial charge is 0.465 e. The average Bonchev–Trinajstić information content (AvgIpc) is 2.96. The van der Waals surface area contributed by atoms with Crippen LogP contribution in [0.4, 0.5) is 5.69 Å². The predicted molar refractivity (Wildman–Crippen MR) is 83.8 cm³/mol. The maximum atomic E-state index is 13.2. The summed E-state index contributed by atoms with van der Waals surface area (Å²) < 4.78 is 11.5. The molecule has 4 rings (SSSR count). The second kappa shape index (κ2) is 4.68. The van der Waals surface area contributed by atoms with E-state index in [1.54, 1.807) is 11.0 Å². The van der Waals surface area contributed by atoms with Crippen molar-refractivity contribution in [2.75, 3.05) is 18.1 Å². The lowest BCUT2D eigenvalue weighted by Gasteiger charge is -2.32. The minimum absolute atomic E-state index is 0.0679. The fraction of sp³-hybridized carbons (Fsp3) is 0.444. The molecule has 1 aromatic rings. The van der Waals surface area contributed by atoms with Crippen molar-refractivity contribution >= 4 is 17.6 Å². The average molecular weight is 313 g/mol. The van der Waals surface area contributed by atoms with Gasteiger partial charge in [0.15, 0.2) is 5.60 Å². The number of ether oxygens (including phenoxy) is 2. The molecule has 3 aliphatic rings. The molecule has 3 heterocycles. The maximum Gasteiger partial charge on any atom is 0.308 e. The van der Waals surface area contributed by atoms with Gasteiger partial charge in [0.1, 0.15) is 0 Å². The van der Waals surface area contributed by atoms with Gasteiger partial charge in [0.2, 0.25) is 0 Å². The Labute approximate surface area is 134 Å². The number of nitrogens with zero attached hydrogens (tertiary/aromatic N) is 1. The van der Waals surface area contributed by atoms with Crippen LogP contribution in [-0.2, 0) is 24.7 Å². The van der Waals surface area contributed by atoms with Crippen LogP contribution >= 0.6 is 0 Å². The first-order valence-corrected chi connectivity index (χ1v) is 7.86. The quantitative estimate of drug-likeness (QED) is 0.620. The van der Waals surface area contributed by atoms with Gasteiger partial charge in [-0.3, -0.25) is 9.59 Å². The topological polar surface area (TPSA) is 55.8 Å². The molecule has 120 valence electrons. The summed E-state index contributed by atoms with van der Waals surface area (Å²) in [5, 5.41) is 0. The summed E-state index contributed by atoms with van der Waals surface area (Å²) in [6, 6.07) is 7.71. The van der Waals surface area contributed by atoms with Crippen LogP contribution in [0.15, 0.2) is 36.9 Å². The van der Waals surface area contributed by atoms with Crippen molar-refractivity contribution < 1.29 is 19.1 Å². The first-order valence-electron chi connectivity index (χ1n) is 7.86. The molecule has 0 aromatic heterocycles. The van der Waals surface area contributed by atoms with Gasteiger partial charge in [0.25, 0.3) is 5.91 Å². The lowest BCUT2D eigenvalue weighted by atomic mass is 9.75. The monoisotopic (exact) mass is 313 g/mol. The van der Waals surface area contributed by atoms with E-state index >= 15 is 0 Å². The summed E-state index contributed by atoms with van der Waals surface area (Å²) >= 11 is 0. The van der Waals surface area contributed by atoms with Crippen LogP contribution in [0.25, 0.3) is 0 Å². The Kier molecular flexibility index (Phi) is 2.94. The molecule has 0 N–H and O–H groups in total. The van der Waals surface area contributed by atoms with E-state index in [4.69, 9.17) is 9.47 Å². The molecule has 0 aliphatic carbocycles. The molecule has 0 radical (unpaired) electrons. The molecule has 2 saturated heterocycles. The van der Waals surface area contributed by atoms with Crippen molar-refractivity contribution in [1.29, 1.82) is 0 Å². The van der Waals surface area contributed by atoms with Crippen molar-refractivity contribution in [3.05, 3.63) is 42.5 Å². The highest BCUT2D eigenvalue weighted by molar-refractivity contribution is 6.07. The number of carbonyl (C=O) groups excluding carboxylic acids is 2. The smallest absolute Gasteiger partial charge is 0.308 e. The van der Waals surface area contributed by atoms with E-state index in [2.05, 4.69) is 6.58 Å². The summed E-state index contributed by atoms with van der Waals surface area (Å²) in [5.41, 5.74) is 0.412. The summed E-state index contributed by atoms with van der Waals surface area (Å²) in [7, 11) is 0. The minimum atomic E-state index is -1.01. The number of cyclic esters (lactones) is 1. The van der Waals surface area contributed by atoms with Gasteiger partial charge in [-0.15, -0.1) is 6.58 Å². The molecule has 0 unspecified atom stereocenters. The SMILES string of the molecule is C=CCN1C(=O)[C@@]2(C[C@@]3(C)COC(=O)C[C@H]3O2)c2ccccc21. The number of anilines is 1. The Morgan fingerprint density at radius 1 is 1.39 bits per heavy atom. The van der Waals surface area contributed by atoms with E-state index in [0.717, 1.165) is 11.3 Å². The van der Waals surface area contributed by atoms with Crippen LogP contribution in [0.2, 0.25) is 0 Å². The summed E-state index contributed by atoms with van der Waals surface area (Å²) in [6.07, 6.45) is 2.16. The molecule has 0 saturated carbocycles. The Morgan fingerprint density at radius 3 is 2.96 bits per heavy atom. The predicted octanol–water partition coefficient (Wildman–Crippen LogP) is 2.16. The molecule has 5 nitrogen and oxygen atoms in total. The number of amides is 1. The van der Waals surface area contributed by atoms with Crippen molar-refractivity contribution in [1.82, 2.24) is 0 Å². The van der Waals surface area contributed by atoms with Gasteiger partial charge >= 0.3 is 5.97 Å². The van der Waals surface area contributed by atoms with Gasteiger partial charge in [-0.2, -0.15) is 0 Å². The highest BCUT2D eigenvalue weighted by Gasteiger charge is 2.64. The van der Waals surface area contributed by atoms with Crippen LogP contribution in [0.5, 0.6) is 0 Å². The zero-order chi connectivity index (χ0) is 16.2. The normalized spacial score (nSPS) is 35.2. The molecule has 1 spiro atoms. The summed E-state index contributed by atoms with van der Waals surface area (Å²) in [4.78, 5) is 26.5. The Hall–Kier alpha value is -2.14. The Bertz CT molecular complexity index is 715. The molecule has 23 heavy (non-hydrogen) atoms. The number of benzene rings is 1. The number of para-hydroxylation sites is 1. The molecule has 2 fully saturated rings. The van der Waals surface area contributed by atoms with E-state index in [0.29, 0.717) is 19.6 Å². The maximum absolute atomic E-state index is 13.2. The summed E-state index contributed by atoms with van der Waals surface area (Å²) in [5.74, 6) is -0.326. The van der Waals surface area contributed by atoms with Crippen molar-refractivity contribution in [3.8, 4) is 0 Å². The number of hydrogen-bond donors (Lipinski definition) is 0. The number of fused-ring (bicyclic) bond motifs is 3. The number of hydrogen-bond acceptors (Lipinski definition) is 4. The van der Waals surface area contributed by atoms with Crippen LogP contribution in [0.3, 0.4) is 0 Å². The molecule has 1 amide bonds. The molecule has 0 bridgehead atoms. The molecule has 3 atom stereocenters. The van der Waals surface area contributed by atoms with Gasteiger partial charge < -0.3 is 14.4 Å². The second-order valence-electron chi connectivity index (χ2n) is 6.85. The van der Waals surface area contributed by atoms with Crippen LogP contribution in [0.1, 0.15) is 25.3 Å². The molecular weight excluding hydrogens is 294 g/mol. The van der Waals surface area contributed by atoms with Crippen molar-refractivity contribution in [2.45, 2.75) is 31.5 Å². The Morgan fingerprint density at radius 2 is 2.17 bits per heavy atom. The van der Waals surface area contributed by atoms with E-state index in [-0.39, 0.29) is 29.8 Å². The van der Waals surface area contributed by atoms with E-state index in [9.17, 15) is 9.59 Å². The highest BCUT2D eigenvalue weighted by atomic mass is 16.6. The first kappa shape index (κ1) is 14.5. The van der Waals surface area contributed by atoms with Crippen LogP contribution in [-0.4, -0.2) is 31.1 Å². The third-order valence-electron chi connectivity index (χ3n) is 5.22. The van der Waals surface area contributed by atoms with E-state index < -0.39 is 5.60 Å². The summed E-state index contributed by atoms with van der Waals surface area (Å²) in [6.45, 7) is 6.52. The second-order valence-corrected chi connectivity index (χ2v) is 6.85. The van der Waals surface area contributed by atoms with Crippen LogP contribution < -0.4 is 4.90 Å². The third-order valence-corrected chi connectivity index (χ3v) is 5.22. The van der Waals surface area contributed by atoms with E-state index in [1.165, 1.54) is 0 Å². The fourth-order valence-electron chi connectivity index (χ4n) is 4.09. The van der Waals surface area contributed by atoms with Gasteiger partial charge in [-0.25, -0.2) is 0 Å². The van der Waals surface area contributed by atoms with Gasteiger partial charge in [0, 0.05) is 23.9 Å². The van der Waals surface area contributed by atoms with Gasteiger partial charge in [0.05, 0.1) is 24.8 Å². The molecular formula is C18H19NO4. The molecule has 3 aliphatic heterocycles. The minimum Gasteiger partial charge on any atom is -0.465 e. The zero-order valence-electron chi connectivity index (χ0n) is 13.1. The third kappa shape index (κ3) is 1.83. The van der Waals surface area contributed by atoms with E-state index in [1.807, 2.05) is 31.2 Å². The number of rotatable bonds is 2. The van der Waals surface area contributed by atoms with Crippen LogP contribution in [0, 0.1) is 5.41 Å². The van der Waals surface area contributed by atoms with Gasteiger partial charge in [-0.1, -0.05) is 31.2 Å². The highest BCUT2D eigenvalue weighted by Crippen LogP contribution is 2.57. The molecule has 1 aromatic carbocycles. The van der Waals surface area contributed by atoms with Crippen molar-refractivity contribution in [2.24, 2.45) is 5.41 Å².